The van der Waals surface area contributed by atoms with Gasteiger partial charge in [0.05, 0.1) is 22.5 Å². The van der Waals surface area contributed by atoms with Crippen molar-refractivity contribution in [2.24, 2.45) is 0 Å². The van der Waals surface area contributed by atoms with E-state index in [1.807, 2.05) is 6.07 Å². The smallest absolute Gasteiger partial charge is 0.264 e. The quantitative estimate of drug-likeness (QED) is 0.577. The first-order valence-corrected chi connectivity index (χ1v) is 12.0. The molecule has 4 rings (SSSR count). The summed E-state index contributed by atoms with van der Waals surface area (Å²) in [5, 5.41) is 3.16. The van der Waals surface area contributed by atoms with Gasteiger partial charge >= 0.3 is 0 Å². The molecule has 3 aromatic rings. The van der Waals surface area contributed by atoms with Gasteiger partial charge in [-0.15, -0.1) is 0 Å². The third-order valence-electron chi connectivity index (χ3n) is 5.39. The van der Waals surface area contributed by atoms with Gasteiger partial charge in [-0.1, -0.05) is 23.7 Å². The average Bonchev–Trinajstić information content (AvgIpc) is 3.34. The number of amides is 1. The summed E-state index contributed by atoms with van der Waals surface area (Å²) >= 11 is 5.99. The number of pyridine rings is 1. The van der Waals surface area contributed by atoms with Crippen LogP contribution in [0.1, 0.15) is 23.2 Å². The van der Waals surface area contributed by atoms with Gasteiger partial charge in [0, 0.05) is 30.7 Å². The molecule has 1 saturated heterocycles. The van der Waals surface area contributed by atoms with Gasteiger partial charge in [0.25, 0.3) is 15.9 Å². The normalized spacial score (nSPS) is 13.8. The topological polar surface area (TPSA) is 82.6 Å². The Morgan fingerprint density at radius 1 is 1.06 bits per heavy atom. The van der Waals surface area contributed by atoms with Crippen molar-refractivity contribution in [3.63, 3.8) is 0 Å². The van der Waals surface area contributed by atoms with E-state index in [1.165, 1.54) is 38.1 Å². The van der Waals surface area contributed by atoms with E-state index in [-0.39, 0.29) is 10.5 Å². The number of nitrogens with zero attached hydrogens (tertiary/aromatic N) is 3. The van der Waals surface area contributed by atoms with Gasteiger partial charge in [-0.25, -0.2) is 13.4 Å². The number of halogens is 1. The Morgan fingerprint density at radius 2 is 1.81 bits per heavy atom. The van der Waals surface area contributed by atoms with E-state index in [0.717, 1.165) is 23.1 Å². The third-order valence-corrected chi connectivity index (χ3v) is 7.40. The highest BCUT2D eigenvalue weighted by atomic mass is 35.5. The van der Waals surface area contributed by atoms with Crippen molar-refractivity contribution in [2.45, 2.75) is 17.7 Å². The van der Waals surface area contributed by atoms with Gasteiger partial charge in [0.2, 0.25) is 0 Å². The molecule has 0 aliphatic carbocycles. The molecule has 2 heterocycles. The lowest BCUT2D eigenvalue weighted by atomic mass is 10.2. The van der Waals surface area contributed by atoms with Crippen LogP contribution >= 0.6 is 11.6 Å². The number of aromatic nitrogens is 1. The van der Waals surface area contributed by atoms with Crippen molar-refractivity contribution in [3.8, 4) is 0 Å². The summed E-state index contributed by atoms with van der Waals surface area (Å²) in [6.07, 6.45) is 4.08. The molecular formula is C23H23ClN4O3S. The standard InChI is InChI=1S/C23H23ClN4O3S/c1-27(19-8-5-7-18(24)15-19)32(30,31)21-9-4-6-17(14-21)23(29)26-22-11-10-20(16-25-22)28-12-2-3-13-28/h4-11,14-16H,2-3,12-13H2,1H3,(H,25,26,29). The zero-order valence-electron chi connectivity index (χ0n) is 17.5. The Morgan fingerprint density at radius 3 is 2.50 bits per heavy atom. The number of carbonyl (C=O) groups is 1. The fourth-order valence-electron chi connectivity index (χ4n) is 3.58. The lowest BCUT2D eigenvalue weighted by Gasteiger charge is -2.20. The zero-order chi connectivity index (χ0) is 22.7. The van der Waals surface area contributed by atoms with Gasteiger partial charge in [-0.2, -0.15) is 0 Å². The van der Waals surface area contributed by atoms with Crippen LogP contribution in [0.25, 0.3) is 0 Å². The average molecular weight is 471 g/mol. The summed E-state index contributed by atoms with van der Waals surface area (Å²) in [5.41, 5.74) is 1.67. The molecule has 1 fully saturated rings. The highest BCUT2D eigenvalue weighted by molar-refractivity contribution is 7.92. The number of hydrogen-bond acceptors (Lipinski definition) is 5. The second-order valence-corrected chi connectivity index (χ2v) is 9.94. The first-order chi connectivity index (χ1) is 15.3. The van der Waals surface area contributed by atoms with Crippen molar-refractivity contribution in [1.29, 1.82) is 0 Å². The molecule has 2 aromatic carbocycles. The Hall–Kier alpha value is -3.10. The molecule has 1 amide bonds. The molecule has 0 atom stereocenters. The highest BCUT2D eigenvalue weighted by Crippen LogP contribution is 2.25. The maximum atomic E-state index is 13.1. The first kappa shape index (κ1) is 22.1. The minimum atomic E-state index is -3.88. The van der Waals surface area contributed by atoms with E-state index in [4.69, 9.17) is 11.6 Å². The van der Waals surface area contributed by atoms with E-state index >= 15 is 0 Å². The number of nitrogens with one attached hydrogen (secondary N) is 1. The highest BCUT2D eigenvalue weighted by Gasteiger charge is 2.23. The van der Waals surface area contributed by atoms with Crippen LogP contribution < -0.4 is 14.5 Å². The molecular weight excluding hydrogens is 448 g/mol. The van der Waals surface area contributed by atoms with Crippen LogP contribution in [0, 0.1) is 0 Å². The molecule has 1 aliphatic rings. The maximum Gasteiger partial charge on any atom is 0.264 e. The fraction of sp³-hybridized carbons (Fsp3) is 0.217. The minimum absolute atomic E-state index is 0.00460. The SMILES string of the molecule is CN(c1cccc(Cl)c1)S(=O)(=O)c1cccc(C(=O)Nc2ccc(N3CCCC3)cn2)c1. The second kappa shape index (κ2) is 9.18. The van der Waals surface area contributed by atoms with Crippen molar-refractivity contribution in [3.05, 3.63) is 77.4 Å². The molecule has 166 valence electrons. The largest absolute Gasteiger partial charge is 0.370 e. The van der Waals surface area contributed by atoms with Gasteiger partial charge < -0.3 is 10.2 Å². The molecule has 0 saturated carbocycles. The molecule has 0 bridgehead atoms. The lowest BCUT2D eigenvalue weighted by Crippen LogP contribution is -2.27. The fourth-order valence-corrected chi connectivity index (χ4v) is 5.00. The van der Waals surface area contributed by atoms with E-state index in [1.54, 1.807) is 42.6 Å². The number of carbonyl (C=O) groups excluding carboxylic acids is 1. The molecule has 9 heteroatoms. The number of anilines is 3. The second-order valence-electron chi connectivity index (χ2n) is 7.53. The van der Waals surface area contributed by atoms with Crippen molar-refractivity contribution in [2.75, 3.05) is 34.7 Å². The number of sulfonamides is 1. The number of benzene rings is 2. The van der Waals surface area contributed by atoms with E-state index in [0.29, 0.717) is 16.5 Å². The predicted molar refractivity (Wildman–Crippen MR) is 127 cm³/mol. The van der Waals surface area contributed by atoms with Gasteiger partial charge in [-0.3, -0.25) is 9.10 Å². The maximum absolute atomic E-state index is 13.1. The van der Waals surface area contributed by atoms with Crippen molar-refractivity contribution in [1.82, 2.24) is 4.98 Å². The summed E-state index contributed by atoms with van der Waals surface area (Å²) < 4.78 is 27.3. The summed E-state index contributed by atoms with van der Waals surface area (Å²) in [7, 11) is -2.44. The number of rotatable bonds is 6. The molecule has 1 N–H and O–H groups in total. The van der Waals surface area contributed by atoms with Crippen LogP contribution in [0.4, 0.5) is 17.2 Å². The summed E-state index contributed by atoms with van der Waals surface area (Å²) in [6.45, 7) is 2.02. The predicted octanol–water partition coefficient (Wildman–Crippen LogP) is 4.41. The summed E-state index contributed by atoms with van der Waals surface area (Å²) in [4.78, 5) is 19.3. The molecule has 7 nitrogen and oxygen atoms in total. The molecule has 1 aromatic heterocycles. The first-order valence-electron chi connectivity index (χ1n) is 10.2. The monoisotopic (exact) mass is 470 g/mol. The Kier molecular flexibility index (Phi) is 6.34. The third kappa shape index (κ3) is 4.71. The van der Waals surface area contributed by atoms with Crippen LogP contribution in [0.2, 0.25) is 5.02 Å². The molecule has 0 unspecified atom stereocenters. The van der Waals surface area contributed by atoms with Crippen molar-refractivity contribution < 1.29 is 13.2 Å². The molecule has 0 spiro atoms. The summed E-state index contributed by atoms with van der Waals surface area (Å²) in [5.74, 6) is -0.0314. The van der Waals surface area contributed by atoms with E-state index < -0.39 is 15.9 Å². The lowest BCUT2D eigenvalue weighted by molar-refractivity contribution is 0.102. The van der Waals surface area contributed by atoms with Crippen LogP contribution in [0.15, 0.2) is 71.8 Å². The number of hydrogen-bond donors (Lipinski definition) is 1. The van der Waals surface area contributed by atoms with Crippen molar-refractivity contribution >= 4 is 44.7 Å². The van der Waals surface area contributed by atoms with Crippen LogP contribution in [0.3, 0.4) is 0 Å². The molecule has 1 aliphatic heterocycles. The van der Waals surface area contributed by atoms with Crippen LogP contribution in [0.5, 0.6) is 0 Å². The van der Waals surface area contributed by atoms with Gasteiger partial charge in [0.15, 0.2) is 0 Å². The zero-order valence-corrected chi connectivity index (χ0v) is 19.1. The van der Waals surface area contributed by atoms with Gasteiger partial charge in [0.1, 0.15) is 5.82 Å². The van der Waals surface area contributed by atoms with E-state index in [2.05, 4.69) is 15.2 Å². The van der Waals surface area contributed by atoms with Crippen LogP contribution in [-0.2, 0) is 10.0 Å². The summed E-state index contributed by atoms with van der Waals surface area (Å²) in [6, 6.07) is 16.1. The molecule has 32 heavy (non-hydrogen) atoms. The van der Waals surface area contributed by atoms with Crippen LogP contribution in [-0.4, -0.2) is 39.4 Å². The van der Waals surface area contributed by atoms with Gasteiger partial charge in [-0.05, 0) is 61.4 Å². The Labute approximate surface area is 192 Å². The molecule has 0 radical (unpaired) electrons. The minimum Gasteiger partial charge on any atom is -0.370 e. The Balaban J connectivity index is 1.51. The van der Waals surface area contributed by atoms with E-state index in [9.17, 15) is 13.2 Å². The Bertz CT molecular complexity index is 1230.